The van der Waals surface area contributed by atoms with E-state index in [1.54, 1.807) is 49.0 Å². The van der Waals surface area contributed by atoms with Crippen molar-refractivity contribution in [2.75, 3.05) is 20.7 Å². The Bertz CT molecular complexity index is 1210. The normalized spacial score (nSPS) is 15.3. The SMILES string of the molecule is CNNNCC(C)(O)c1ccn2c(-c3cc(OC)c(C(=O)NC4CC4)c(OC(F)F)c3)cnc2c1. The van der Waals surface area contributed by atoms with Gasteiger partial charge in [0.1, 0.15) is 28.3 Å². The van der Waals surface area contributed by atoms with Crippen molar-refractivity contribution in [3.05, 3.63) is 47.8 Å². The van der Waals surface area contributed by atoms with Crippen molar-refractivity contribution in [1.82, 2.24) is 31.1 Å². The van der Waals surface area contributed by atoms with Crippen LogP contribution in [0.4, 0.5) is 8.78 Å². The predicted molar refractivity (Wildman–Crippen MR) is 124 cm³/mol. The highest BCUT2D eigenvalue weighted by molar-refractivity contribution is 6.01. The highest BCUT2D eigenvalue weighted by atomic mass is 19.3. The van der Waals surface area contributed by atoms with Crippen molar-refractivity contribution in [3.63, 3.8) is 0 Å². The fourth-order valence-corrected chi connectivity index (χ4v) is 3.73. The minimum atomic E-state index is -3.12. The molecule has 0 spiro atoms. The minimum absolute atomic E-state index is 0.0284. The third-order valence-corrected chi connectivity index (χ3v) is 5.72. The fourth-order valence-electron chi connectivity index (χ4n) is 3.73. The molecule has 2 heterocycles. The van der Waals surface area contributed by atoms with E-state index in [1.165, 1.54) is 13.2 Å². The van der Waals surface area contributed by atoms with Crippen LogP contribution in [0.2, 0.25) is 0 Å². The third-order valence-electron chi connectivity index (χ3n) is 5.72. The van der Waals surface area contributed by atoms with Crippen LogP contribution in [0, 0.1) is 0 Å². The Labute approximate surface area is 200 Å². The van der Waals surface area contributed by atoms with Crippen molar-refractivity contribution in [3.8, 4) is 22.8 Å². The van der Waals surface area contributed by atoms with Gasteiger partial charge in [-0.15, -0.1) is 0 Å². The Morgan fingerprint density at radius 2 is 2.06 bits per heavy atom. The van der Waals surface area contributed by atoms with Gasteiger partial charge < -0.3 is 19.9 Å². The fraction of sp³-hybridized carbons (Fsp3) is 0.391. The number of methoxy groups -OCH3 is 1. The number of hydrogen-bond acceptors (Lipinski definition) is 8. The number of imidazole rings is 1. The molecule has 4 rings (SSSR count). The zero-order valence-corrected chi connectivity index (χ0v) is 19.6. The first-order chi connectivity index (χ1) is 16.7. The van der Waals surface area contributed by atoms with E-state index in [0.29, 0.717) is 22.5 Å². The van der Waals surface area contributed by atoms with E-state index in [1.807, 2.05) is 0 Å². The van der Waals surface area contributed by atoms with Gasteiger partial charge in [0.05, 0.1) is 19.0 Å². The van der Waals surface area contributed by atoms with Crippen molar-refractivity contribution in [2.24, 2.45) is 0 Å². The number of hydrazine groups is 2. The van der Waals surface area contributed by atoms with E-state index < -0.39 is 18.1 Å². The maximum Gasteiger partial charge on any atom is 0.387 e. The molecule has 1 saturated carbocycles. The summed E-state index contributed by atoms with van der Waals surface area (Å²) in [5.41, 5.74) is 9.17. The lowest BCUT2D eigenvalue weighted by atomic mass is 9.97. The molecular weight excluding hydrogens is 462 g/mol. The molecule has 188 valence electrons. The summed E-state index contributed by atoms with van der Waals surface area (Å²) in [6, 6.07) is 6.46. The van der Waals surface area contributed by atoms with E-state index >= 15 is 0 Å². The molecule has 0 aliphatic heterocycles. The van der Waals surface area contributed by atoms with E-state index in [0.717, 1.165) is 12.8 Å². The molecule has 10 nitrogen and oxygen atoms in total. The number of pyridine rings is 1. The number of carbonyl (C=O) groups excluding carboxylic acids is 1. The number of benzene rings is 1. The molecule has 3 aromatic rings. The summed E-state index contributed by atoms with van der Waals surface area (Å²) in [6.45, 7) is -1.24. The maximum absolute atomic E-state index is 13.2. The molecule has 1 fully saturated rings. The van der Waals surface area contributed by atoms with Crippen molar-refractivity contribution in [1.29, 1.82) is 0 Å². The van der Waals surface area contributed by atoms with Crippen LogP contribution < -0.4 is 31.2 Å². The van der Waals surface area contributed by atoms with Crippen LogP contribution in [-0.4, -0.2) is 53.8 Å². The van der Waals surface area contributed by atoms with Gasteiger partial charge >= 0.3 is 6.61 Å². The number of aromatic nitrogens is 2. The minimum Gasteiger partial charge on any atom is -0.496 e. The molecule has 1 amide bonds. The number of rotatable bonds is 11. The van der Waals surface area contributed by atoms with Gasteiger partial charge in [-0.3, -0.25) is 9.20 Å². The molecule has 0 saturated heterocycles. The molecule has 1 aliphatic rings. The summed E-state index contributed by atoms with van der Waals surface area (Å²) < 4.78 is 38.3. The average Bonchev–Trinajstić information content (AvgIpc) is 3.52. The number of hydrogen-bond donors (Lipinski definition) is 5. The second kappa shape index (κ2) is 10.1. The first-order valence-corrected chi connectivity index (χ1v) is 11.1. The highest BCUT2D eigenvalue weighted by Gasteiger charge is 2.29. The number of halogens is 2. The van der Waals surface area contributed by atoms with Gasteiger partial charge in [-0.05, 0) is 56.6 Å². The molecule has 1 atom stereocenters. The zero-order valence-electron chi connectivity index (χ0n) is 19.6. The Kier molecular flexibility index (Phi) is 7.17. The number of carbonyl (C=O) groups is 1. The number of nitrogens with zero attached hydrogens (tertiary/aromatic N) is 2. The standard InChI is InChI=1S/C23H28F2N6O4/c1-23(33,12-28-30-26-2)14-6-7-31-16(11-27-19(31)10-14)13-8-17(34-3)20(18(9-13)35-22(24)25)21(32)29-15-4-5-15/h6-11,15,22,26,28,30,33H,4-5,12H2,1-3H3,(H,29,32). The molecule has 12 heteroatoms. The van der Waals surface area contributed by atoms with Crippen LogP contribution in [0.1, 0.15) is 35.7 Å². The number of aliphatic hydroxyl groups is 1. The van der Waals surface area contributed by atoms with Crippen molar-refractivity contribution in [2.45, 2.75) is 38.0 Å². The maximum atomic E-state index is 13.2. The third kappa shape index (κ3) is 5.51. The molecule has 2 aromatic heterocycles. The van der Waals surface area contributed by atoms with Crippen LogP contribution >= 0.6 is 0 Å². The Morgan fingerprint density at radius 1 is 1.31 bits per heavy atom. The summed E-state index contributed by atoms with van der Waals surface area (Å²) in [5.74, 6) is -0.711. The lowest BCUT2D eigenvalue weighted by molar-refractivity contribution is -0.0502. The summed E-state index contributed by atoms with van der Waals surface area (Å²) in [5, 5.41) is 13.6. The first-order valence-electron chi connectivity index (χ1n) is 11.1. The lowest BCUT2D eigenvalue weighted by Gasteiger charge is -2.24. The lowest BCUT2D eigenvalue weighted by Crippen LogP contribution is -2.47. The van der Waals surface area contributed by atoms with E-state index in [-0.39, 0.29) is 29.6 Å². The Hall–Kier alpha value is -3.32. The van der Waals surface area contributed by atoms with Gasteiger partial charge in [0, 0.05) is 24.3 Å². The summed E-state index contributed by atoms with van der Waals surface area (Å²) in [7, 11) is 3.05. The van der Waals surface area contributed by atoms with Gasteiger partial charge in [-0.1, -0.05) is 0 Å². The topological polar surface area (TPSA) is 121 Å². The van der Waals surface area contributed by atoms with E-state index in [9.17, 15) is 18.7 Å². The monoisotopic (exact) mass is 490 g/mol. The predicted octanol–water partition coefficient (Wildman–Crippen LogP) is 1.94. The van der Waals surface area contributed by atoms with Crippen LogP contribution in [0.5, 0.6) is 11.5 Å². The van der Waals surface area contributed by atoms with Gasteiger partial charge in [0.15, 0.2) is 0 Å². The number of fused-ring (bicyclic) bond motifs is 1. The van der Waals surface area contributed by atoms with Crippen LogP contribution in [0.3, 0.4) is 0 Å². The van der Waals surface area contributed by atoms with Gasteiger partial charge in [-0.2, -0.15) is 14.3 Å². The second-order valence-corrected chi connectivity index (χ2v) is 8.47. The summed E-state index contributed by atoms with van der Waals surface area (Å²) >= 11 is 0. The number of nitrogens with one attached hydrogen (secondary N) is 4. The summed E-state index contributed by atoms with van der Waals surface area (Å²) in [6.07, 6.45) is 4.98. The van der Waals surface area contributed by atoms with E-state index in [4.69, 9.17) is 9.47 Å². The molecule has 1 unspecified atom stereocenters. The molecular formula is C23H28F2N6O4. The molecule has 35 heavy (non-hydrogen) atoms. The molecule has 1 aliphatic carbocycles. The number of amides is 1. The zero-order chi connectivity index (χ0) is 25.2. The average molecular weight is 491 g/mol. The summed E-state index contributed by atoms with van der Waals surface area (Å²) in [4.78, 5) is 17.2. The van der Waals surface area contributed by atoms with Crippen LogP contribution in [0.25, 0.3) is 16.9 Å². The quantitative estimate of drug-likeness (QED) is 0.204. The van der Waals surface area contributed by atoms with Crippen LogP contribution in [-0.2, 0) is 5.60 Å². The number of ether oxygens (including phenoxy) is 2. The Morgan fingerprint density at radius 3 is 2.71 bits per heavy atom. The van der Waals surface area contributed by atoms with Gasteiger partial charge in [-0.25, -0.2) is 15.8 Å². The second-order valence-electron chi connectivity index (χ2n) is 8.47. The van der Waals surface area contributed by atoms with Gasteiger partial charge in [0.2, 0.25) is 0 Å². The molecule has 1 aromatic carbocycles. The molecule has 5 N–H and O–H groups in total. The van der Waals surface area contributed by atoms with E-state index in [2.05, 4.69) is 26.7 Å². The Balaban J connectivity index is 1.72. The smallest absolute Gasteiger partial charge is 0.387 e. The highest BCUT2D eigenvalue weighted by Crippen LogP contribution is 2.37. The molecule has 0 radical (unpaired) electrons. The largest absolute Gasteiger partial charge is 0.496 e. The molecule has 0 bridgehead atoms. The van der Waals surface area contributed by atoms with Crippen molar-refractivity contribution >= 4 is 11.6 Å². The first kappa shape index (κ1) is 24.8. The van der Waals surface area contributed by atoms with Crippen LogP contribution in [0.15, 0.2) is 36.7 Å². The number of alkyl halides is 2. The van der Waals surface area contributed by atoms with Crippen molar-refractivity contribution < 1.29 is 28.2 Å². The van der Waals surface area contributed by atoms with Gasteiger partial charge in [0.25, 0.3) is 5.91 Å².